The van der Waals surface area contributed by atoms with Gasteiger partial charge < -0.3 is 10.2 Å². The van der Waals surface area contributed by atoms with Crippen LogP contribution in [0.5, 0.6) is 0 Å². The summed E-state index contributed by atoms with van der Waals surface area (Å²) in [6, 6.07) is 0.225. The molecule has 5 heteroatoms. The first-order valence-corrected chi connectivity index (χ1v) is 7.75. The third-order valence-electron chi connectivity index (χ3n) is 4.29. The van der Waals surface area contributed by atoms with E-state index < -0.39 is 0 Å². The second-order valence-corrected chi connectivity index (χ2v) is 6.45. The van der Waals surface area contributed by atoms with E-state index in [2.05, 4.69) is 17.1 Å². The second-order valence-electron chi connectivity index (χ2n) is 6.45. The molecule has 2 fully saturated rings. The topological polar surface area (TPSA) is 52.7 Å². The van der Waals surface area contributed by atoms with Gasteiger partial charge in [-0.2, -0.15) is 0 Å². The van der Waals surface area contributed by atoms with Crippen LogP contribution in [0.3, 0.4) is 0 Å². The molecule has 2 atom stereocenters. The zero-order valence-electron chi connectivity index (χ0n) is 12.9. The van der Waals surface area contributed by atoms with E-state index in [4.69, 9.17) is 0 Å². The Labute approximate surface area is 121 Å². The van der Waals surface area contributed by atoms with Gasteiger partial charge in [0.15, 0.2) is 0 Å². The van der Waals surface area contributed by atoms with Crippen molar-refractivity contribution in [3.05, 3.63) is 0 Å². The number of nitrogens with one attached hydrogen (secondary N) is 1. The molecule has 1 saturated carbocycles. The van der Waals surface area contributed by atoms with Crippen LogP contribution in [0.1, 0.15) is 39.5 Å². The van der Waals surface area contributed by atoms with Crippen LogP contribution in [0.15, 0.2) is 0 Å². The van der Waals surface area contributed by atoms with Crippen LogP contribution in [-0.2, 0) is 9.59 Å². The fourth-order valence-electron chi connectivity index (χ4n) is 2.85. The van der Waals surface area contributed by atoms with Crippen molar-refractivity contribution in [3.8, 4) is 0 Å². The summed E-state index contributed by atoms with van der Waals surface area (Å²) in [5.74, 6) is 0.662. The molecule has 0 bridgehead atoms. The summed E-state index contributed by atoms with van der Waals surface area (Å²) in [7, 11) is 1.72. The van der Waals surface area contributed by atoms with Crippen molar-refractivity contribution in [2.45, 2.75) is 51.6 Å². The van der Waals surface area contributed by atoms with Gasteiger partial charge in [-0.15, -0.1) is 0 Å². The Morgan fingerprint density at radius 2 is 2.05 bits per heavy atom. The van der Waals surface area contributed by atoms with Crippen LogP contribution in [0.2, 0.25) is 0 Å². The van der Waals surface area contributed by atoms with Crippen LogP contribution < -0.4 is 5.32 Å². The maximum atomic E-state index is 12.4. The van der Waals surface area contributed by atoms with Gasteiger partial charge in [-0.3, -0.25) is 14.5 Å². The predicted molar refractivity (Wildman–Crippen MR) is 78.2 cm³/mol. The molecule has 2 aliphatic rings. The fourth-order valence-corrected chi connectivity index (χ4v) is 2.85. The first-order valence-electron chi connectivity index (χ1n) is 7.75. The number of likely N-dealkylation sites (tertiary alicyclic amines) is 1. The Morgan fingerprint density at radius 3 is 2.65 bits per heavy atom. The van der Waals surface area contributed by atoms with E-state index in [-0.39, 0.29) is 24.4 Å². The van der Waals surface area contributed by atoms with Gasteiger partial charge in [0, 0.05) is 19.6 Å². The summed E-state index contributed by atoms with van der Waals surface area (Å²) < 4.78 is 0. The lowest BCUT2D eigenvalue weighted by Gasteiger charge is -2.36. The smallest absolute Gasteiger partial charge is 0.239 e. The Morgan fingerprint density at radius 1 is 1.35 bits per heavy atom. The molecule has 1 N–H and O–H groups in total. The maximum absolute atomic E-state index is 12.4. The van der Waals surface area contributed by atoms with E-state index in [9.17, 15) is 9.59 Å². The van der Waals surface area contributed by atoms with Gasteiger partial charge >= 0.3 is 0 Å². The number of carbonyl (C=O) groups excluding carboxylic acids is 2. The number of amides is 2. The van der Waals surface area contributed by atoms with E-state index >= 15 is 0 Å². The molecule has 2 amide bonds. The van der Waals surface area contributed by atoms with Gasteiger partial charge in [-0.05, 0) is 45.1 Å². The van der Waals surface area contributed by atoms with Crippen molar-refractivity contribution in [1.82, 2.24) is 15.1 Å². The molecule has 114 valence electrons. The van der Waals surface area contributed by atoms with Gasteiger partial charge in [0.25, 0.3) is 0 Å². The Balaban J connectivity index is 1.80. The molecule has 1 aliphatic heterocycles. The molecule has 1 heterocycles. The zero-order chi connectivity index (χ0) is 14.7. The van der Waals surface area contributed by atoms with E-state index in [1.807, 2.05) is 6.92 Å². The summed E-state index contributed by atoms with van der Waals surface area (Å²) in [4.78, 5) is 27.9. The van der Waals surface area contributed by atoms with E-state index in [0.29, 0.717) is 12.0 Å². The van der Waals surface area contributed by atoms with Gasteiger partial charge in [-0.1, -0.05) is 6.92 Å². The van der Waals surface area contributed by atoms with Crippen LogP contribution in [0, 0.1) is 5.92 Å². The Kier molecular flexibility index (Phi) is 5.02. The number of likely N-dealkylation sites (N-methyl/N-ethyl adjacent to an activating group) is 1. The van der Waals surface area contributed by atoms with Crippen molar-refractivity contribution < 1.29 is 9.59 Å². The molecular formula is C15H27N3O2. The molecule has 1 aliphatic carbocycles. The summed E-state index contributed by atoms with van der Waals surface area (Å²) in [5, 5.41) is 2.92. The molecule has 0 aromatic rings. The van der Waals surface area contributed by atoms with Crippen LogP contribution in [-0.4, -0.2) is 60.4 Å². The van der Waals surface area contributed by atoms with Crippen molar-refractivity contribution in [2.75, 3.05) is 26.7 Å². The predicted octanol–water partition coefficient (Wildman–Crippen LogP) is 0.844. The molecule has 2 rings (SSSR count). The largest absolute Gasteiger partial charge is 0.352 e. The lowest BCUT2D eigenvalue weighted by Crippen LogP contribution is -2.51. The average molecular weight is 281 g/mol. The van der Waals surface area contributed by atoms with Gasteiger partial charge in [0.2, 0.25) is 11.8 Å². The quantitative estimate of drug-likeness (QED) is 0.812. The zero-order valence-corrected chi connectivity index (χ0v) is 12.9. The number of hydrogen-bond donors (Lipinski definition) is 1. The Hall–Kier alpha value is -1.10. The standard InChI is InChI=1S/C15H27N3O2/c1-11-5-4-8-18(9-11)12(2)15(20)17(3)10-14(19)16-13-6-7-13/h11-13H,4-10H2,1-3H3,(H,16,19). The highest BCUT2D eigenvalue weighted by atomic mass is 16.2. The third-order valence-corrected chi connectivity index (χ3v) is 4.29. The Bertz CT molecular complexity index is 368. The maximum Gasteiger partial charge on any atom is 0.239 e. The summed E-state index contributed by atoms with van der Waals surface area (Å²) in [5.41, 5.74) is 0. The van der Waals surface area contributed by atoms with Crippen molar-refractivity contribution in [3.63, 3.8) is 0 Å². The SMILES string of the molecule is CC1CCCN(C(C)C(=O)N(C)CC(=O)NC2CC2)C1. The normalized spacial score (nSPS) is 25.1. The number of rotatable bonds is 5. The highest BCUT2D eigenvalue weighted by Crippen LogP contribution is 2.19. The number of piperidine rings is 1. The first kappa shape index (κ1) is 15.3. The lowest BCUT2D eigenvalue weighted by molar-refractivity contribution is -0.139. The third kappa shape index (κ3) is 4.20. The van der Waals surface area contributed by atoms with Crippen molar-refractivity contribution in [2.24, 2.45) is 5.92 Å². The van der Waals surface area contributed by atoms with E-state index in [0.717, 1.165) is 32.4 Å². The van der Waals surface area contributed by atoms with Crippen LogP contribution >= 0.6 is 0 Å². The number of nitrogens with zero attached hydrogens (tertiary/aromatic N) is 2. The number of carbonyl (C=O) groups is 2. The minimum Gasteiger partial charge on any atom is -0.352 e. The molecule has 0 radical (unpaired) electrons. The van der Waals surface area contributed by atoms with Crippen molar-refractivity contribution in [1.29, 1.82) is 0 Å². The molecule has 0 aromatic heterocycles. The minimum atomic E-state index is -0.128. The molecule has 0 spiro atoms. The molecule has 0 aromatic carbocycles. The van der Waals surface area contributed by atoms with Crippen LogP contribution in [0.25, 0.3) is 0 Å². The minimum absolute atomic E-state index is 0.0393. The van der Waals surface area contributed by atoms with Crippen LogP contribution in [0.4, 0.5) is 0 Å². The summed E-state index contributed by atoms with van der Waals surface area (Å²) in [6.45, 7) is 6.32. The van der Waals surface area contributed by atoms with E-state index in [1.54, 1.807) is 11.9 Å². The van der Waals surface area contributed by atoms with Gasteiger partial charge in [-0.25, -0.2) is 0 Å². The molecule has 5 nitrogen and oxygen atoms in total. The molecule has 2 unspecified atom stereocenters. The highest BCUT2D eigenvalue weighted by Gasteiger charge is 2.29. The average Bonchev–Trinajstić information content (AvgIpc) is 3.20. The summed E-state index contributed by atoms with van der Waals surface area (Å²) >= 11 is 0. The second kappa shape index (κ2) is 6.57. The van der Waals surface area contributed by atoms with Gasteiger partial charge in [0.05, 0.1) is 12.6 Å². The van der Waals surface area contributed by atoms with Gasteiger partial charge in [0.1, 0.15) is 0 Å². The van der Waals surface area contributed by atoms with Crippen molar-refractivity contribution >= 4 is 11.8 Å². The molecule has 1 saturated heterocycles. The molecule has 20 heavy (non-hydrogen) atoms. The fraction of sp³-hybridized carbons (Fsp3) is 0.867. The summed E-state index contributed by atoms with van der Waals surface area (Å²) in [6.07, 6.45) is 4.55. The highest BCUT2D eigenvalue weighted by molar-refractivity contribution is 5.87. The number of hydrogen-bond acceptors (Lipinski definition) is 3. The van der Waals surface area contributed by atoms with E-state index in [1.165, 1.54) is 6.42 Å². The monoisotopic (exact) mass is 281 g/mol. The molecular weight excluding hydrogens is 254 g/mol. The lowest BCUT2D eigenvalue weighted by atomic mass is 9.99. The first-order chi connectivity index (χ1) is 9.47.